The molecule has 1 aromatic carbocycles. The van der Waals surface area contributed by atoms with Crippen LogP contribution in [0.15, 0.2) is 40.3 Å². The Bertz CT molecular complexity index is 806. The van der Waals surface area contributed by atoms with Crippen LogP contribution in [0.1, 0.15) is 18.9 Å². The molecule has 1 amide bonds. The number of anilines is 2. The lowest BCUT2D eigenvalue weighted by atomic mass is 10.2. The zero-order chi connectivity index (χ0) is 18.6. The molecule has 0 saturated heterocycles. The molecule has 1 unspecified atom stereocenters. The van der Waals surface area contributed by atoms with Gasteiger partial charge in [0, 0.05) is 11.8 Å². The van der Waals surface area contributed by atoms with Gasteiger partial charge in [-0.2, -0.15) is 13.2 Å². The van der Waals surface area contributed by atoms with Crippen LogP contribution in [0.5, 0.6) is 0 Å². The fraction of sp³-hybridized carbons (Fsp3) is 0.267. The number of nitrogens with two attached hydrogens (primary N) is 1. The van der Waals surface area contributed by atoms with Gasteiger partial charge >= 0.3 is 6.18 Å². The Morgan fingerprint density at radius 2 is 2.00 bits per heavy atom. The van der Waals surface area contributed by atoms with Gasteiger partial charge in [0.15, 0.2) is 5.16 Å². The largest absolute Gasteiger partial charge is 0.416 e. The predicted octanol–water partition coefficient (Wildman–Crippen LogP) is 2.88. The van der Waals surface area contributed by atoms with Gasteiger partial charge in [0.2, 0.25) is 5.91 Å². The lowest BCUT2D eigenvalue weighted by Gasteiger charge is -2.14. The number of halogens is 3. The van der Waals surface area contributed by atoms with Gasteiger partial charge in [0.1, 0.15) is 5.82 Å². The Morgan fingerprint density at radius 1 is 1.36 bits per heavy atom. The molecule has 25 heavy (non-hydrogen) atoms. The molecule has 1 atom stereocenters. The summed E-state index contributed by atoms with van der Waals surface area (Å²) in [6.45, 7) is 1.76. The fourth-order valence-electron chi connectivity index (χ4n) is 1.93. The monoisotopic (exact) mass is 372 g/mol. The number of aromatic amines is 1. The summed E-state index contributed by atoms with van der Waals surface area (Å²) in [5, 5.41) is 2.13. The first-order chi connectivity index (χ1) is 11.7. The minimum atomic E-state index is -4.44. The molecule has 2 aromatic rings. The van der Waals surface area contributed by atoms with Gasteiger partial charge in [-0.3, -0.25) is 9.59 Å². The molecule has 0 radical (unpaired) electrons. The second-order valence-corrected chi connectivity index (χ2v) is 6.25. The number of H-pyrrole nitrogens is 1. The van der Waals surface area contributed by atoms with Crippen LogP contribution < -0.4 is 16.6 Å². The normalized spacial score (nSPS) is 12.6. The number of thioether (sulfide) groups is 1. The lowest BCUT2D eigenvalue weighted by molar-refractivity contribution is -0.137. The van der Waals surface area contributed by atoms with Crippen molar-refractivity contribution < 1.29 is 18.0 Å². The standard InChI is InChI=1S/C15H15F3N4O2S/c1-2-10(25-14-21-11(19)7-12(23)22-14)13(24)20-9-5-3-8(4-6-9)15(16,17)18/h3-7,10H,2H2,1H3,(H,20,24)(H3,19,21,22,23). The quantitative estimate of drug-likeness (QED) is 0.553. The molecular weight excluding hydrogens is 357 g/mol. The number of carbonyl (C=O) groups is 1. The van der Waals surface area contributed by atoms with Crippen molar-refractivity contribution in [3.8, 4) is 0 Å². The number of benzene rings is 1. The van der Waals surface area contributed by atoms with Crippen LogP contribution in [0, 0.1) is 0 Å². The van der Waals surface area contributed by atoms with Crippen molar-refractivity contribution in [2.24, 2.45) is 0 Å². The minimum absolute atomic E-state index is 0.0317. The van der Waals surface area contributed by atoms with E-state index >= 15 is 0 Å². The molecular formula is C15H15F3N4O2S. The molecule has 2 rings (SSSR count). The Hall–Kier alpha value is -2.49. The van der Waals surface area contributed by atoms with E-state index in [4.69, 9.17) is 5.73 Å². The highest BCUT2D eigenvalue weighted by molar-refractivity contribution is 8.00. The number of nitrogen functional groups attached to an aromatic ring is 1. The summed E-state index contributed by atoms with van der Waals surface area (Å²) in [7, 11) is 0. The third kappa shape index (κ3) is 5.24. The first-order valence-electron chi connectivity index (χ1n) is 7.20. The smallest absolute Gasteiger partial charge is 0.383 e. The topological polar surface area (TPSA) is 101 Å². The van der Waals surface area contributed by atoms with Crippen molar-refractivity contribution in [1.29, 1.82) is 0 Å². The van der Waals surface area contributed by atoms with E-state index in [0.717, 1.165) is 30.0 Å². The van der Waals surface area contributed by atoms with Gasteiger partial charge < -0.3 is 16.0 Å². The van der Waals surface area contributed by atoms with Gasteiger partial charge in [0.05, 0.1) is 10.8 Å². The first kappa shape index (κ1) is 18.8. The third-order valence-electron chi connectivity index (χ3n) is 3.14. The van der Waals surface area contributed by atoms with E-state index in [9.17, 15) is 22.8 Å². The summed E-state index contributed by atoms with van der Waals surface area (Å²) in [6, 6.07) is 5.26. The molecule has 0 saturated carbocycles. The average molecular weight is 372 g/mol. The molecule has 4 N–H and O–H groups in total. The molecule has 1 aromatic heterocycles. The second kappa shape index (κ2) is 7.60. The van der Waals surface area contributed by atoms with E-state index in [1.807, 2.05) is 0 Å². The maximum Gasteiger partial charge on any atom is 0.416 e. The Balaban J connectivity index is 2.08. The highest BCUT2D eigenvalue weighted by atomic mass is 32.2. The maximum atomic E-state index is 12.5. The van der Waals surface area contributed by atoms with Gasteiger partial charge in [-0.25, -0.2) is 4.98 Å². The van der Waals surface area contributed by atoms with E-state index in [-0.39, 0.29) is 16.7 Å². The number of rotatable bonds is 5. The zero-order valence-corrected chi connectivity index (χ0v) is 13.9. The molecule has 10 heteroatoms. The number of nitrogens with zero attached hydrogens (tertiary/aromatic N) is 1. The van der Waals surface area contributed by atoms with Crippen LogP contribution in [0.4, 0.5) is 24.7 Å². The number of amides is 1. The lowest BCUT2D eigenvalue weighted by Crippen LogP contribution is -2.25. The number of alkyl halides is 3. The van der Waals surface area contributed by atoms with E-state index < -0.39 is 28.5 Å². The van der Waals surface area contributed by atoms with E-state index in [0.29, 0.717) is 6.42 Å². The molecule has 134 valence electrons. The molecule has 0 aliphatic heterocycles. The summed E-state index contributed by atoms with van der Waals surface area (Å²) in [6.07, 6.45) is -4.02. The number of carbonyl (C=O) groups excluding carboxylic acids is 1. The van der Waals surface area contributed by atoms with Crippen LogP contribution in [0.25, 0.3) is 0 Å². The minimum Gasteiger partial charge on any atom is -0.383 e. The van der Waals surface area contributed by atoms with Crippen molar-refractivity contribution in [3.05, 3.63) is 46.2 Å². The Morgan fingerprint density at radius 3 is 2.52 bits per heavy atom. The van der Waals surface area contributed by atoms with Crippen molar-refractivity contribution in [2.45, 2.75) is 29.9 Å². The maximum absolute atomic E-state index is 12.5. The third-order valence-corrected chi connectivity index (χ3v) is 4.39. The molecule has 0 fully saturated rings. The number of hydrogen-bond donors (Lipinski definition) is 3. The molecule has 0 aliphatic rings. The van der Waals surface area contributed by atoms with Crippen LogP contribution in [-0.4, -0.2) is 21.1 Å². The van der Waals surface area contributed by atoms with Crippen LogP contribution in [0.3, 0.4) is 0 Å². The van der Waals surface area contributed by atoms with Crippen molar-refractivity contribution in [3.63, 3.8) is 0 Å². The van der Waals surface area contributed by atoms with Crippen LogP contribution in [0.2, 0.25) is 0 Å². The summed E-state index contributed by atoms with van der Waals surface area (Å²) >= 11 is 1.01. The van der Waals surface area contributed by atoms with E-state index in [2.05, 4.69) is 15.3 Å². The van der Waals surface area contributed by atoms with Gasteiger partial charge in [0.25, 0.3) is 5.56 Å². The fourth-order valence-corrected chi connectivity index (χ4v) is 2.85. The Labute approximate surface area is 145 Å². The van der Waals surface area contributed by atoms with Crippen LogP contribution >= 0.6 is 11.8 Å². The van der Waals surface area contributed by atoms with E-state index in [1.165, 1.54) is 12.1 Å². The summed E-state index contributed by atoms with van der Waals surface area (Å²) in [5.41, 5.74) is 4.50. The zero-order valence-electron chi connectivity index (χ0n) is 13.1. The molecule has 0 aliphatic carbocycles. The molecule has 6 nitrogen and oxygen atoms in total. The summed E-state index contributed by atoms with van der Waals surface area (Å²) in [5.74, 6) is -0.387. The van der Waals surface area contributed by atoms with Crippen molar-refractivity contribution in [2.75, 3.05) is 11.1 Å². The SMILES string of the molecule is CCC(Sc1nc(N)cc(=O)[nH]1)C(=O)Nc1ccc(C(F)(F)F)cc1. The molecule has 1 heterocycles. The van der Waals surface area contributed by atoms with Crippen molar-refractivity contribution in [1.82, 2.24) is 9.97 Å². The number of nitrogens with one attached hydrogen (secondary N) is 2. The first-order valence-corrected chi connectivity index (χ1v) is 8.08. The number of aromatic nitrogens is 2. The summed E-state index contributed by atoms with van der Waals surface area (Å²) in [4.78, 5) is 30.1. The number of hydrogen-bond acceptors (Lipinski definition) is 5. The second-order valence-electron chi connectivity index (χ2n) is 5.05. The highest BCUT2D eigenvalue weighted by Gasteiger charge is 2.30. The average Bonchev–Trinajstić information content (AvgIpc) is 2.51. The predicted molar refractivity (Wildman–Crippen MR) is 89.3 cm³/mol. The van der Waals surface area contributed by atoms with Gasteiger partial charge in [-0.05, 0) is 30.7 Å². The van der Waals surface area contributed by atoms with Crippen LogP contribution in [-0.2, 0) is 11.0 Å². The van der Waals surface area contributed by atoms with Gasteiger partial charge in [-0.15, -0.1) is 0 Å². The highest BCUT2D eigenvalue weighted by Crippen LogP contribution is 2.30. The van der Waals surface area contributed by atoms with E-state index in [1.54, 1.807) is 6.92 Å². The van der Waals surface area contributed by atoms with Gasteiger partial charge in [-0.1, -0.05) is 18.7 Å². The molecule has 0 spiro atoms. The molecule has 0 bridgehead atoms. The van der Waals surface area contributed by atoms with Crippen molar-refractivity contribution >= 4 is 29.2 Å². The Kier molecular flexibility index (Phi) is 5.73. The summed E-state index contributed by atoms with van der Waals surface area (Å²) < 4.78 is 37.6.